The van der Waals surface area contributed by atoms with Crippen molar-refractivity contribution in [1.82, 2.24) is 9.55 Å². The Bertz CT molecular complexity index is 983. The van der Waals surface area contributed by atoms with Gasteiger partial charge in [0.05, 0.1) is 11.0 Å². The number of halogens is 2. The molecule has 0 aliphatic heterocycles. The zero-order chi connectivity index (χ0) is 16.6. The minimum Gasteiger partial charge on any atom is -0.320 e. The zero-order valence-electron chi connectivity index (χ0n) is 12.0. The maximum Gasteiger partial charge on any atom is 0.282 e. The van der Waals surface area contributed by atoms with E-state index in [1.54, 1.807) is 24.3 Å². The van der Waals surface area contributed by atoms with Crippen LogP contribution in [0.4, 0.5) is 14.5 Å². The number of para-hydroxylation sites is 2. The number of nitrogens with zero attached hydrogens (tertiary/aromatic N) is 2. The Morgan fingerprint density at radius 1 is 1.13 bits per heavy atom. The Labute approximate surface area is 129 Å². The summed E-state index contributed by atoms with van der Waals surface area (Å²) in [5, 5.41) is 2.34. The van der Waals surface area contributed by atoms with Gasteiger partial charge in [-0.2, -0.15) is 0 Å². The van der Waals surface area contributed by atoms with Crippen LogP contribution in [-0.2, 0) is 7.05 Å². The monoisotopic (exact) mass is 315 g/mol. The summed E-state index contributed by atoms with van der Waals surface area (Å²) < 4.78 is 27.4. The number of aryl methyl sites for hydroxylation is 1. The van der Waals surface area contributed by atoms with Gasteiger partial charge in [-0.15, -0.1) is 0 Å². The number of carbonyl (C=O) groups excluding carboxylic acids is 1. The summed E-state index contributed by atoms with van der Waals surface area (Å²) in [5.74, 6) is -2.91. The third kappa shape index (κ3) is 2.68. The van der Waals surface area contributed by atoms with Gasteiger partial charge in [0.1, 0.15) is 0 Å². The second kappa shape index (κ2) is 5.60. The van der Waals surface area contributed by atoms with Gasteiger partial charge in [-0.25, -0.2) is 13.8 Å². The van der Waals surface area contributed by atoms with Gasteiger partial charge in [0.15, 0.2) is 17.3 Å². The number of hydrogen-bond donors (Lipinski definition) is 1. The Balaban J connectivity index is 2.02. The Hall–Kier alpha value is -3.09. The van der Waals surface area contributed by atoms with Gasteiger partial charge in [0.2, 0.25) is 0 Å². The summed E-state index contributed by atoms with van der Waals surface area (Å²) in [6, 6.07) is 9.78. The number of aromatic nitrogens is 2. The molecule has 23 heavy (non-hydrogen) atoms. The molecule has 0 radical (unpaired) electrons. The van der Waals surface area contributed by atoms with Crippen LogP contribution in [0.1, 0.15) is 10.5 Å². The second-order valence-electron chi connectivity index (χ2n) is 4.90. The van der Waals surface area contributed by atoms with E-state index in [0.717, 1.165) is 12.1 Å². The molecule has 0 saturated carbocycles. The van der Waals surface area contributed by atoms with Gasteiger partial charge in [0.25, 0.3) is 11.5 Å². The predicted molar refractivity (Wildman–Crippen MR) is 81.3 cm³/mol. The summed E-state index contributed by atoms with van der Waals surface area (Å²) in [6.07, 6.45) is 0. The molecule has 0 atom stereocenters. The molecule has 0 spiro atoms. The van der Waals surface area contributed by atoms with Crippen molar-refractivity contribution >= 4 is 22.6 Å². The highest BCUT2D eigenvalue weighted by Crippen LogP contribution is 2.14. The molecule has 0 saturated heterocycles. The molecule has 0 fully saturated rings. The largest absolute Gasteiger partial charge is 0.320 e. The van der Waals surface area contributed by atoms with Crippen LogP contribution in [0.2, 0.25) is 0 Å². The lowest BCUT2D eigenvalue weighted by Crippen LogP contribution is -2.29. The normalized spacial score (nSPS) is 10.7. The maximum atomic E-state index is 13.2. The van der Waals surface area contributed by atoms with E-state index in [9.17, 15) is 18.4 Å². The van der Waals surface area contributed by atoms with Crippen molar-refractivity contribution < 1.29 is 13.6 Å². The average molecular weight is 315 g/mol. The minimum atomic E-state index is -1.10. The first-order chi connectivity index (χ1) is 11.0. The van der Waals surface area contributed by atoms with Gasteiger partial charge in [-0.1, -0.05) is 12.1 Å². The molecule has 1 amide bonds. The van der Waals surface area contributed by atoms with Gasteiger partial charge in [-0.05, 0) is 24.3 Å². The van der Waals surface area contributed by atoms with E-state index in [1.165, 1.54) is 17.7 Å². The van der Waals surface area contributed by atoms with E-state index in [2.05, 4.69) is 10.3 Å². The number of hydrogen-bond acceptors (Lipinski definition) is 3. The first-order valence-electron chi connectivity index (χ1n) is 6.69. The van der Waals surface area contributed by atoms with E-state index in [4.69, 9.17) is 0 Å². The van der Waals surface area contributed by atoms with Gasteiger partial charge in [0, 0.05) is 18.8 Å². The van der Waals surface area contributed by atoms with E-state index in [-0.39, 0.29) is 11.4 Å². The van der Waals surface area contributed by atoms with Crippen LogP contribution in [0.15, 0.2) is 47.3 Å². The van der Waals surface area contributed by atoms with Crippen molar-refractivity contribution in [1.29, 1.82) is 0 Å². The van der Waals surface area contributed by atoms with E-state index in [1.807, 2.05) is 0 Å². The smallest absolute Gasteiger partial charge is 0.282 e. The van der Waals surface area contributed by atoms with Gasteiger partial charge >= 0.3 is 0 Å². The van der Waals surface area contributed by atoms with Crippen molar-refractivity contribution in [2.45, 2.75) is 0 Å². The summed E-state index contributed by atoms with van der Waals surface area (Å²) >= 11 is 0. The van der Waals surface area contributed by atoms with Crippen LogP contribution in [0, 0.1) is 11.6 Å². The number of amides is 1. The molecule has 116 valence electrons. The summed E-state index contributed by atoms with van der Waals surface area (Å²) in [4.78, 5) is 28.5. The lowest BCUT2D eigenvalue weighted by Gasteiger charge is -2.08. The summed E-state index contributed by atoms with van der Waals surface area (Å²) in [7, 11) is 1.53. The lowest BCUT2D eigenvalue weighted by atomic mass is 10.2. The van der Waals surface area contributed by atoms with Crippen molar-refractivity contribution in [2.24, 2.45) is 7.05 Å². The quantitative estimate of drug-likeness (QED) is 0.790. The topological polar surface area (TPSA) is 64.0 Å². The maximum absolute atomic E-state index is 13.2. The van der Waals surface area contributed by atoms with Crippen LogP contribution >= 0.6 is 0 Å². The minimum absolute atomic E-state index is 0.0333. The van der Waals surface area contributed by atoms with Crippen molar-refractivity contribution in [2.75, 3.05) is 5.32 Å². The molecular formula is C16H11F2N3O2. The highest BCUT2D eigenvalue weighted by molar-refractivity contribution is 6.03. The number of rotatable bonds is 2. The molecule has 0 aliphatic rings. The van der Waals surface area contributed by atoms with Crippen molar-refractivity contribution in [3.05, 3.63) is 70.1 Å². The first-order valence-corrected chi connectivity index (χ1v) is 6.69. The highest BCUT2D eigenvalue weighted by atomic mass is 19.2. The molecule has 1 heterocycles. The summed E-state index contributed by atoms with van der Waals surface area (Å²) in [5.41, 5.74) is 0.192. The molecule has 3 rings (SSSR count). The third-order valence-electron chi connectivity index (χ3n) is 3.38. The molecule has 2 aromatic carbocycles. The average Bonchev–Trinajstić information content (AvgIpc) is 2.54. The molecular weight excluding hydrogens is 304 g/mol. The molecule has 5 nitrogen and oxygen atoms in total. The molecule has 0 bridgehead atoms. The predicted octanol–water partition coefficient (Wildman–Crippen LogP) is 2.46. The van der Waals surface area contributed by atoms with Crippen LogP contribution in [0.5, 0.6) is 0 Å². The van der Waals surface area contributed by atoms with E-state index < -0.39 is 23.1 Å². The number of carbonyl (C=O) groups is 1. The van der Waals surface area contributed by atoms with Crippen LogP contribution < -0.4 is 10.9 Å². The number of anilines is 1. The number of benzene rings is 2. The Morgan fingerprint density at radius 2 is 1.87 bits per heavy atom. The zero-order valence-corrected chi connectivity index (χ0v) is 12.0. The van der Waals surface area contributed by atoms with E-state index >= 15 is 0 Å². The second-order valence-corrected chi connectivity index (χ2v) is 4.90. The molecule has 3 aromatic rings. The fraction of sp³-hybridized carbons (Fsp3) is 0.0625. The van der Waals surface area contributed by atoms with Gasteiger partial charge < -0.3 is 9.88 Å². The molecule has 1 aromatic heterocycles. The van der Waals surface area contributed by atoms with Crippen LogP contribution in [0.25, 0.3) is 11.0 Å². The highest BCUT2D eigenvalue weighted by Gasteiger charge is 2.16. The summed E-state index contributed by atoms with van der Waals surface area (Å²) in [6.45, 7) is 0. The van der Waals surface area contributed by atoms with Crippen LogP contribution in [0.3, 0.4) is 0 Å². The molecule has 0 unspecified atom stereocenters. The number of nitrogens with one attached hydrogen (secondary N) is 1. The fourth-order valence-electron chi connectivity index (χ4n) is 2.19. The van der Waals surface area contributed by atoms with Crippen LogP contribution in [-0.4, -0.2) is 15.5 Å². The SMILES string of the molecule is Cn1c(=O)c(C(=O)Nc2ccc(F)c(F)c2)nc2ccccc21. The van der Waals surface area contributed by atoms with Gasteiger partial charge in [-0.3, -0.25) is 9.59 Å². The van der Waals surface area contributed by atoms with Crippen molar-refractivity contribution in [3.8, 4) is 0 Å². The molecule has 0 aliphatic carbocycles. The third-order valence-corrected chi connectivity index (χ3v) is 3.38. The lowest BCUT2D eigenvalue weighted by molar-refractivity contribution is 0.102. The Morgan fingerprint density at radius 3 is 2.61 bits per heavy atom. The molecule has 7 heteroatoms. The molecule has 1 N–H and O–H groups in total. The van der Waals surface area contributed by atoms with E-state index in [0.29, 0.717) is 11.0 Å². The first kappa shape index (κ1) is 14.8. The van der Waals surface area contributed by atoms with Crippen molar-refractivity contribution in [3.63, 3.8) is 0 Å². The Kier molecular flexibility index (Phi) is 3.61. The number of fused-ring (bicyclic) bond motifs is 1. The fourth-order valence-corrected chi connectivity index (χ4v) is 2.19. The standard InChI is InChI=1S/C16H11F2N3O2/c1-21-13-5-3-2-4-12(13)20-14(16(21)23)15(22)19-9-6-7-10(17)11(18)8-9/h2-8H,1H3,(H,19,22).